The molecule has 0 saturated carbocycles. The van der Waals surface area contributed by atoms with Crippen molar-refractivity contribution < 1.29 is 0 Å². The van der Waals surface area contributed by atoms with Crippen molar-refractivity contribution >= 4 is 124 Å². The molecule has 0 aliphatic heterocycles. The van der Waals surface area contributed by atoms with Crippen LogP contribution in [0.3, 0.4) is 0 Å². The van der Waals surface area contributed by atoms with Gasteiger partial charge < -0.3 is 13.5 Å². The molecule has 0 bridgehead atoms. The predicted molar refractivity (Wildman–Crippen MR) is 240 cm³/mol. The lowest BCUT2D eigenvalue weighted by molar-refractivity contribution is 1.15. The third-order valence-electron chi connectivity index (χ3n) is 12.5. The molecule has 14 rings (SSSR count). The first-order chi connectivity index (χ1) is 27.8. The summed E-state index contributed by atoms with van der Waals surface area (Å²) < 4.78 is 10.2. The molecule has 3 nitrogen and oxygen atoms in total. The van der Waals surface area contributed by atoms with Crippen LogP contribution in [0.25, 0.3) is 124 Å². The summed E-state index contributed by atoms with van der Waals surface area (Å²) in [5.74, 6) is 0. The van der Waals surface area contributed by atoms with Gasteiger partial charge in [0.25, 0.3) is 0 Å². The average molecular weight is 728 g/mol. The topological polar surface area (TPSA) is 14.3 Å². The summed E-state index contributed by atoms with van der Waals surface area (Å²) in [5.41, 5.74) is 11.1. The molecule has 0 amide bonds. The van der Waals surface area contributed by atoms with Crippen LogP contribution in [0.2, 0.25) is 0 Å². The zero-order valence-electron chi connectivity index (χ0n) is 30.0. The number of benzene rings is 9. The van der Waals surface area contributed by atoms with E-state index in [-0.39, 0.29) is 0 Å². The van der Waals surface area contributed by atoms with Gasteiger partial charge in [0.05, 0.1) is 49.0 Å². The lowest BCUT2D eigenvalue weighted by Crippen LogP contribution is -1.99. The van der Waals surface area contributed by atoms with Crippen LogP contribution in [0.4, 0.5) is 0 Å². The van der Waals surface area contributed by atoms with Crippen LogP contribution in [-0.4, -0.2) is 13.5 Å². The first kappa shape index (κ1) is 29.2. The highest BCUT2D eigenvalue weighted by atomic mass is 32.1. The van der Waals surface area contributed by atoms with Gasteiger partial charge in [-0.3, -0.25) is 0 Å². The van der Waals surface area contributed by atoms with Gasteiger partial charge >= 0.3 is 0 Å². The summed E-state index contributed by atoms with van der Waals surface area (Å²) in [6.07, 6.45) is 0. The van der Waals surface area contributed by atoms with Crippen molar-refractivity contribution in [1.29, 1.82) is 0 Å². The van der Waals surface area contributed by atoms with Crippen LogP contribution in [-0.2, 0) is 0 Å². The molecule has 0 spiro atoms. The number of aromatic nitrogens is 3. The molecule has 14 aromatic rings. The van der Waals surface area contributed by atoms with E-state index in [1.165, 1.54) is 118 Å². The maximum Gasteiger partial charge on any atom is 0.0661 e. The van der Waals surface area contributed by atoms with Gasteiger partial charge in [0.2, 0.25) is 0 Å². The van der Waals surface area contributed by atoms with Crippen molar-refractivity contribution in [3.8, 4) is 11.4 Å². The summed E-state index contributed by atoms with van der Waals surface area (Å²) >= 11 is 1.90. The largest absolute Gasteiger partial charge is 0.309 e. The summed E-state index contributed by atoms with van der Waals surface area (Å²) in [5, 5.41) is 15.4. The molecule has 0 atom stereocenters. The van der Waals surface area contributed by atoms with Crippen LogP contribution in [0.1, 0.15) is 0 Å². The molecule has 0 saturated heterocycles. The molecule has 0 aliphatic rings. The zero-order chi connectivity index (χ0) is 36.2. The van der Waals surface area contributed by atoms with E-state index in [1.807, 2.05) is 11.3 Å². The summed E-state index contributed by atoms with van der Waals surface area (Å²) in [6, 6.07) is 65.6. The lowest BCUT2D eigenvalue weighted by Gasteiger charge is -2.15. The molecule has 5 aromatic heterocycles. The maximum atomic E-state index is 2.61. The van der Waals surface area contributed by atoms with Crippen molar-refractivity contribution in [2.45, 2.75) is 0 Å². The number of fused-ring (bicyclic) bond motifs is 17. The van der Waals surface area contributed by atoms with Crippen LogP contribution in [0.5, 0.6) is 0 Å². The number of rotatable bonds is 2. The first-order valence-electron chi connectivity index (χ1n) is 19.3. The SMILES string of the molecule is c1ccc2cc3c(cc2c1)c1c2c4ccccc4n4c5ccccc5c(cc1n3-c1cc(-n3c5ccccc5c5ccccc53)cc3c1sc1ccccc13)c24. The lowest BCUT2D eigenvalue weighted by atomic mass is 10.0. The van der Waals surface area contributed by atoms with E-state index in [2.05, 4.69) is 189 Å². The van der Waals surface area contributed by atoms with E-state index in [0.717, 1.165) is 5.69 Å². The normalized spacial score (nSPS) is 12.6. The van der Waals surface area contributed by atoms with Crippen molar-refractivity contribution in [2.75, 3.05) is 0 Å². The molecule has 0 aliphatic carbocycles. The van der Waals surface area contributed by atoms with Crippen LogP contribution in [0, 0.1) is 0 Å². The van der Waals surface area contributed by atoms with E-state index >= 15 is 0 Å². The first-order valence-corrected chi connectivity index (χ1v) is 20.1. The second kappa shape index (κ2) is 10.3. The molecular weight excluding hydrogens is 699 g/mol. The van der Waals surface area contributed by atoms with E-state index < -0.39 is 0 Å². The van der Waals surface area contributed by atoms with Crippen molar-refractivity contribution in [3.05, 3.63) is 176 Å². The van der Waals surface area contributed by atoms with Crippen LogP contribution >= 0.6 is 11.3 Å². The Labute approximate surface area is 323 Å². The molecule has 0 radical (unpaired) electrons. The van der Waals surface area contributed by atoms with Gasteiger partial charge in [-0.1, -0.05) is 115 Å². The second-order valence-corrected chi connectivity index (χ2v) is 16.3. The van der Waals surface area contributed by atoms with Gasteiger partial charge in [-0.05, 0) is 71.4 Å². The minimum Gasteiger partial charge on any atom is -0.309 e. The van der Waals surface area contributed by atoms with Crippen LogP contribution < -0.4 is 0 Å². The van der Waals surface area contributed by atoms with Gasteiger partial charge in [0.15, 0.2) is 0 Å². The highest BCUT2D eigenvalue weighted by Crippen LogP contribution is 2.49. The smallest absolute Gasteiger partial charge is 0.0661 e. The molecule has 56 heavy (non-hydrogen) atoms. The van der Waals surface area contributed by atoms with Crippen molar-refractivity contribution in [2.24, 2.45) is 0 Å². The fraction of sp³-hybridized carbons (Fsp3) is 0. The van der Waals surface area contributed by atoms with E-state index in [9.17, 15) is 0 Å². The van der Waals surface area contributed by atoms with Crippen molar-refractivity contribution in [3.63, 3.8) is 0 Å². The van der Waals surface area contributed by atoms with E-state index in [1.54, 1.807) is 0 Å². The Bertz CT molecular complexity index is 3950. The maximum absolute atomic E-state index is 2.61. The quantitative estimate of drug-likeness (QED) is 0.168. The van der Waals surface area contributed by atoms with Gasteiger partial charge in [0, 0.05) is 64.2 Å². The molecule has 9 aromatic carbocycles. The minimum absolute atomic E-state index is 1.16. The molecule has 258 valence electrons. The number of hydrogen-bond acceptors (Lipinski definition) is 1. The van der Waals surface area contributed by atoms with Crippen molar-refractivity contribution in [1.82, 2.24) is 13.5 Å². The van der Waals surface area contributed by atoms with Gasteiger partial charge in [-0.2, -0.15) is 0 Å². The number of nitrogens with zero attached hydrogens (tertiary/aromatic N) is 3. The molecule has 0 N–H and O–H groups in total. The zero-order valence-corrected chi connectivity index (χ0v) is 30.8. The van der Waals surface area contributed by atoms with Gasteiger partial charge in [-0.25, -0.2) is 0 Å². The Kier molecular flexibility index (Phi) is 5.40. The Hall–Kier alpha value is -7.14. The third kappa shape index (κ3) is 3.54. The molecular formula is C52H29N3S. The minimum atomic E-state index is 1.16. The Morgan fingerprint density at radius 2 is 0.911 bits per heavy atom. The standard InChI is InChI=1S/C52H29N3S/c1-2-14-31-26-45-40(25-30(31)13-1)49-46(29-38-35-17-5-10-22-43(35)55-44-23-11-6-19-37(44)50(49)51(38)55)54(45)47-28-32(27-39-36-18-7-12-24-48(36)56-52(39)47)53-41-20-8-3-15-33(41)34-16-4-9-21-42(34)53/h1-29H. The molecule has 4 heteroatoms. The molecule has 0 unspecified atom stereocenters. The molecule has 5 heterocycles. The van der Waals surface area contributed by atoms with E-state index in [4.69, 9.17) is 0 Å². The third-order valence-corrected chi connectivity index (χ3v) is 13.7. The summed E-state index contributed by atoms with van der Waals surface area (Å²) in [7, 11) is 0. The molecule has 0 fully saturated rings. The summed E-state index contributed by atoms with van der Waals surface area (Å²) in [6.45, 7) is 0. The Morgan fingerprint density at radius 3 is 1.64 bits per heavy atom. The highest BCUT2D eigenvalue weighted by molar-refractivity contribution is 7.26. The highest BCUT2D eigenvalue weighted by Gasteiger charge is 2.26. The fourth-order valence-corrected chi connectivity index (χ4v) is 11.4. The number of thiophene rings is 1. The predicted octanol–water partition coefficient (Wildman–Crippen LogP) is 14.6. The summed E-state index contributed by atoms with van der Waals surface area (Å²) in [4.78, 5) is 0. The second-order valence-electron chi connectivity index (χ2n) is 15.3. The fourth-order valence-electron chi connectivity index (χ4n) is 10.2. The number of hydrogen-bond donors (Lipinski definition) is 0. The Balaban J connectivity index is 1.25. The van der Waals surface area contributed by atoms with Gasteiger partial charge in [0.1, 0.15) is 0 Å². The average Bonchev–Trinajstić information content (AvgIpc) is 4.04. The monoisotopic (exact) mass is 727 g/mol. The number of para-hydroxylation sites is 4. The Morgan fingerprint density at radius 1 is 0.339 bits per heavy atom. The van der Waals surface area contributed by atoms with E-state index in [0.29, 0.717) is 0 Å². The van der Waals surface area contributed by atoms with Crippen LogP contribution in [0.15, 0.2) is 176 Å². The van der Waals surface area contributed by atoms with Gasteiger partial charge in [-0.15, -0.1) is 11.3 Å².